The van der Waals surface area contributed by atoms with Crippen LogP contribution in [0.3, 0.4) is 0 Å². The molecule has 0 aromatic rings. The predicted octanol–water partition coefficient (Wildman–Crippen LogP) is -0.814. The summed E-state index contributed by atoms with van der Waals surface area (Å²) in [4.78, 5) is 12.7. The maximum Gasteiger partial charge on any atom is 0.305 e. The molecule has 2 atom stereocenters. The topological polar surface area (TPSA) is 88.5 Å². The Bertz CT molecular complexity index is 263. The van der Waals surface area contributed by atoms with Crippen molar-refractivity contribution in [3.8, 4) is 0 Å². The third-order valence-electron chi connectivity index (χ3n) is 2.95. The van der Waals surface area contributed by atoms with Gasteiger partial charge in [0.15, 0.2) is 0 Å². The summed E-state index contributed by atoms with van der Waals surface area (Å²) in [5, 5.41) is 18.7. The first-order valence-electron chi connectivity index (χ1n) is 6.41. The predicted molar refractivity (Wildman–Crippen MR) is 67.1 cm³/mol. The van der Waals surface area contributed by atoms with Crippen molar-refractivity contribution in [1.29, 1.82) is 0 Å². The van der Waals surface area contributed by atoms with E-state index in [4.69, 9.17) is 19.3 Å². The third-order valence-corrected chi connectivity index (χ3v) is 2.95. The number of hydrogen-bond acceptors (Lipinski definition) is 6. The second-order valence-electron chi connectivity index (χ2n) is 4.54. The van der Waals surface area contributed by atoms with Crippen LogP contribution < -0.4 is 0 Å². The number of aliphatic hydroxyl groups excluding tert-OH is 1. The maximum absolute atomic E-state index is 10.8. The van der Waals surface area contributed by atoms with E-state index >= 15 is 0 Å². The smallest absolute Gasteiger partial charge is 0.305 e. The van der Waals surface area contributed by atoms with Crippen molar-refractivity contribution >= 4 is 5.97 Å². The molecular weight excluding hydrogens is 254 g/mol. The Morgan fingerprint density at radius 2 is 2.32 bits per heavy atom. The molecule has 1 heterocycles. The van der Waals surface area contributed by atoms with Gasteiger partial charge in [-0.2, -0.15) is 0 Å². The standard InChI is InChI=1S/C12H23NO6/c1-17-4-5-19-9-11(14)7-13-2-3-18-8-10(13)6-12(15)16/h10-11,14H,2-9H2,1H3,(H,15,16). The van der Waals surface area contributed by atoms with Gasteiger partial charge in [-0.25, -0.2) is 0 Å². The Hall–Kier alpha value is -0.730. The van der Waals surface area contributed by atoms with Crippen molar-refractivity contribution < 1.29 is 29.2 Å². The second-order valence-corrected chi connectivity index (χ2v) is 4.54. The minimum atomic E-state index is -0.855. The molecule has 1 aliphatic rings. The number of β-amino-alcohol motifs (C(OH)–C–C–N with tert-alkyl or cyclic N) is 1. The highest BCUT2D eigenvalue weighted by Gasteiger charge is 2.26. The van der Waals surface area contributed by atoms with Crippen LogP contribution >= 0.6 is 0 Å². The lowest BCUT2D eigenvalue weighted by Crippen LogP contribution is -2.50. The maximum atomic E-state index is 10.8. The summed E-state index contributed by atoms with van der Waals surface area (Å²) in [6, 6.07) is -0.181. The Morgan fingerprint density at radius 3 is 3.00 bits per heavy atom. The number of carboxylic acids is 1. The number of aliphatic carboxylic acids is 1. The summed E-state index contributed by atoms with van der Waals surface area (Å²) >= 11 is 0. The average molecular weight is 277 g/mol. The SMILES string of the molecule is COCCOCC(O)CN1CCOCC1CC(=O)O. The van der Waals surface area contributed by atoms with E-state index in [9.17, 15) is 9.90 Å². The molecule has 0 aromatic heterocycles. The molecule has 1 aliphatic heterocycles. The first-order valence-corrected chi connectivity index (χ1v) is 6.41. The van der Waals surface area contributed by atoms with E-state index in [1.165, 1.54) is 0 Å². The monoisotopic (exact) mass is 277 g/mol. The van der Waals surface area contributed by atoms with Gasteiger partial charge < -0.3 is 24.4 Å². The number of carbonyl (C=O) groups is 1. The number of aliphatic hydroxyl groups is 1. The molecule has 19 heavy (non-hydrogen) atoms. The summed E-state index contributed by atoms with van der Waals surface area (Å²) in [7, 11) is 1.59. The van der Waals surface area contributed by atoms with Gasteiger partial charge in [-0.15, -0.1) is 0 Å². The van der Waals surface area contributed by atoms with E-state index in [-0.39, 0.29) is 19.1 Å². The molecular formula is C12H23NO6. The van der Waals surface area contributed by atoms with Gasteiger partial charge in [0.1, 0.15) is 0 Å². The summed E-state index contributed by atoms with van der Waals surface area (Å²) in [5.41, 5.74) is 0. The van der Waals surface area contributed by atoms with Crippen LogP contribution in [0.5, 0.6) is 0 Å². The molecule has 1 fully saturated rings. The molecule has 7 nitrogen and oxygen atoms in total. The van der Waals surface area contributed by atoms with E-state index < -0.39 is 12.1 Å². The van der Waals surface area contributed by atoms with Gasteiger partial charge in [0.2, 0.25) is 0 Å². The number of nitrogens with zero attached hydrogens (tertiary/aromatic N) is 1. The fourth-order valence-electron chi connectivity index (χ4n) is 2.00. The first kappa shape index (κ1) is 16.3. The van der Waals surface area contributed by atoms with Gasteiger partial charge in [0.05, 0.1) is 45.6 Å². The molecule has 0 bridgehead atoms. The molecule has 0 spiro atoms. The van der Waals surface area contributed by atoms with Crippen LogP contribution in [0.2, 0.25) is 0 Å². The van der Waals surface area contributed by atoms with Crippen molar-refractivity contribution in [2.24, 2.45) is 0 Å². The zero-order valence-electron chi connectivity index (χ0n) is 11.3. The van der Waals surface area contributed by atoms with E-state index in [1.54, 1.807) is 7.11 Å². The van der Waals surface area contributed by atoms with Crippen molar-refractivity contribution in [3.63, 3.8) is 0 Å². The zero-order valence-corrected chi connectivity index (χ0v) is 11.3. The molecule has 0 aromatic carbocycles. The van der Waals surface area contributed by atoms with Crippen LogP contribution in [-0.4, -0.2) is 86.5 Å². The number of rotatable bonds is 9. The highest BCUT2D eigenvalue weighted by molar-refractivity contribution is 5.67. The number of hydrogen-bond donors (Lipinski definition) is 2. The molecule has 1 saturated heterocycles. The van der Waals surface area contributed by atoms with Crippen LogP contribution in [0.25, 0.3) is 0 Å². The minimum absolute atomic E-state index is 0.0251. The van der Waals surface area contributed by atoms with Crippen molar-refractivity contribution in [2.75, 3.05) is 53.2 Å². The van der Waals surface area contributed by atoms with Crippen LogP contribution in [0, 0.1) is 0 Å². The van der Waals surface area contributed by atoms with Crippen molar-refractivity contribution in [3.05, 3.63) is 0 Å². The third kappa shape index (κ3) is 6.84. The summed E-state index contributed by atoms with van der Waals surface area (Å²) in [6.07, 6.45) is -0.608. The zero-order chi connectivity index (χ0) is 14.1. The number of carboxylic acid groups (broad SMARTS) is 1. The lowest BCUT2D eigenvalue weighted by molar-refractivity contribution is -0.140. The molecule has 7 heteroatoms. The van der Waals surface area contributed by atoms with Crippen LogP contribution in [-0.2, 0) is 19.0 Å². The van der Waals surface area contributed by atoms with Gasteiger partial charge in [-0.05, 0) is 0 Å². The van der Waals surface area contributed by atoms with Crippen LogP contribution in [0.15, 0.2) is 0 Å². The minimum Gasteiger partial charge on any atom is -0.481 e. The molecule has 0 aliphatic carbocycles. The Morgan fingerprint density at radius 1 is 1.53 bits per heavy atom. The molecule has 112 valence electrons. The Kier molecular flexibility index (Phi) is 7.92. The van der Waals surface area contributed by atoms with Crippen LogP contribution in [0.4, 0.5) is 0 Å². The van der Waals surface area contributed by atoms with E-state index in [2.05, 4.69) is 0 Å². The Labute approximate surface area is 113 Å². The normalized spacial score (nSPS) is 22.3. The molecule has 0 saturated carbocycles. The lowest BCUT2D eigenvalue weighted by atomic mass is 10.1. The molecule has 2 unspecified atom stereocenters. The molecule has 0 amide bonds. The van der Waals surface area contributed by atoms with Gasteiger partial charge in [0.25, 0.3) is 0 Å². The van der Waals surface area contributed by atoms with Gasteiger partial charge >= 0.3 is 5.97 Å². The largest absolute Gasteiger partial charge is 0.481 e. The number of methoxy groups -OCH3 is 1. The molecule has 0 radical (unpaired) electrons. The Balaban J connectivity index is 2.28. The molecule has 1 rings (SSSR count). The fraction of sp³-hybridized carbons (Fsp3) is 0.917. The average Bonchev–Trinajstić information content (AvgIpc) is 2.36. The van der Waals surface area contributed by atoms with Gasteiger partial charge in [-0.1, -0.05) is 0 Å². The highest BCUT2D eigenvalue weighted by Crippen LogP contribution is 2.11. The lowest BCUT2D eigenvalue weighted by Gasteiger charge is -2.35. The van der Waals surface area contributed by atoms with E-state index in [0.29, 0.717) is 39.5 Å². The fourth-order valence-corrected chi connectivity index (χ4v) is 2.00. The highest BCUT2D eigenvalue weighted by atomic mass is 16.5. The van der Waals surface area contributed by atoms with Gasteiger partial charge in [-0.3, -0.25) is 9.69 Å². The summed E-state index contributed by atoms with van der Waals surface area (Å²) in [5.74, 6) is -0.855. The van der Waals surface area contributed by atoms with Crippen molar-refractivity contribution in [1.82, 2.24) is 4.90 Å². The quantitative estimate of drug-likeness (QED) is 0.533. The summed E-state index contributed by atoms with van der Waals surface area (Å²) in [6.45, 7) is 3.14. The van der Waals surface area contributed by atoms with Crippen LogP contribution in [0.1, 0.15) is 6.42 Å². The van der Waals surface area contributed by atoms with E-state index in [1.807, 2.05) is 4.90 Å². The summed E-state index contributed by atoms with van der Waals surface area (Å²) < 4.78 is 15.4. The number of morpholine rings is 1. The molecule has 2 N–H and O–H groups in total. The number of ether oxygens (including phenoxy) is 3. The second kappa shape index (κ2) is 9.22. The van der Waals surface area contributed by atoms with Crippen molar-refractivity contribution in [2.45, 2.75) is 18.6 Å². The van der Waals surface area contributed by atoms with Gasteiger partial charge in [0, 0.05) is 26.2 Å². The first-order chi connectivity index (χ1) is 9.13. The van der Waals surface area contributed by atoms with E-state index in [0.717, 1.165) is 0 Å².